The van der Waals surface area contributed by atoms with Crippen LogP contribution in [0.15, 0.2) is 61.2 Å². The summed E-state index contributed by atoms with van der Waals surface area (Å²) in [5, 5.41) is 2.87. The second-order valence-electron chi connectivity index (χ2n) is 6.20. The van der Waals surface area contributed by atoms with Crippen molar-refractivity contribution >= 4 is 17.5 Å². The first kappa shape index (κ1) is 17.7. The maximum Gasteiger partial charge on any atom is 0.255 e. The quantitative estimate of drug-likeness (QED) is 0.776. The summed E-state index contributed by atoms with van der Waals surface area (Å²) in [5.74, 6) is 0.688. The molecule has 0 radical (unpaired) electrons. The van der Waals surface area contributed by atoms with E-state index in [1.165, 1.54) is 0 Å². The zero-order valence-electron chi connectivity index (χ0n) is 14.6. The summed E-state index contributed by atoms with van der Waals surface area (Å²) in [4.78, 5) is 26.0. The molecule has 1 saturated heterocycles. The van der Waals surface area contributed by atoms with Gasteiger partial charge in [-0.1, -0.05) is 30.9 Å². The van der Waals surface area contributed by atoms with Crippen molar-refractivity contribution in [2.75, 3.05) is 18.5 Å². The van der Waals surface area contributed by atoms with Crippen molar-refractivity contribution in [3.8, 4) is 5.75 Å². The molecule has 1 fully saturated rings. The Hall–Kier alpha value is -3.08. The molecule has 0 unspecified atom stereocenters. The minimum atomic E-state index is -0.185. The smallest absolute Gasteiger partial charge is 0.255 e. The second-order valence-corrected chi connectivity index (χ2v) is 6.20. The minimum Gasteiger partial charge on any atom is -0.489 e. The summed E-state index contributed by atoms with van der Waals surface area (Å²) in [6, 6.07) is 14.6. The van der Waals surface area contributed by atoms with Gasteiger partial charge >= 0.3 is 0 Å². The zero-order chi connectivity index (χ0) is 18.4. The van der Waals surface area contributed by atoms with E-state index in [9.17, 15) is 9.59 Å². The van der Waals surface area contributed by atoms with Crippen LogP contribution in [-0.4, -0.2) is 29.9 Å². The average Bonchev–Trinajstić information content (AvgIpc) is 3.05. The lowest BCUT2D eigenvalue weighted by Crippen LogP contribution is -2.23. The topological polar surface area (TPSA) is 58.6 Å². The van der Waals surface area contributed by atoms with E-state index in [0.717, 1.165) is 18.5 Å². The van der Waals surface area contributed by atoms with E-state index in [4.69, 9.17) is 4.74 Å². The van der Waals surface area contributed by atoms with Gasteiger partial charge in [-0.15, -0.1) is 0 Å². The van der Waals surface area contributed by atoms with Crippen molar-refractivity contribution in [1.82, 2.24) is 4.90 Å². The van der Waals surface area contributed by atoms with Crippen LogP contribution in [0.4, 0.5) is 5.69 Å². The van der Waals surface area contributed by atoms with Crippen LogP contribution >= 0.6 is 0 Å². The Kier molecular flexibility index (Phi) is 5.69. The van der Waals surface area contributed by atoms with Crippen LogP contribution in [0, 0.1) is 0 Å². The number of ether oxygens (including phenoxy) is 1. The van der Waals surface area contributed by atoms with Crippen LogP contribution in [0.3, 0.4) is 0 Å². The van der Waals surface area contributed by atoms with Gasteiger partial charge < -0.3 is 15.0 Å². The molecule has 0 atom stereocenters. The van der Waals surface area contributed by atoms with Crippen LogP contribution < -0.4 is 10.1 Å². The molecule has 2 aromatic rings. The van der Waals surface area contributed by atoms with Gasteiger partial charge in [0.15, 0.2) is 0 Å². The molecule has 2 aromatic carbocycles. The fourth-order valence-electron chi connectivity index (χ4n) is 2.88. The summed E-state index contributed by atoms with van der Waals surface area (Å²) in [6.07, 6.45) is 3.23. The molecule has 5 nitrogen and oxygen atoms in total. The monoisotopic (exact) mass is 350 g/mol. The van der Waals surface area contributed by atoms with Crippen LogP contribution in [0.5, 0.6) is 5.75 Å². The van der Waals surface area contributed by atoms with Gasteiger partial charge in [0.25, 0.3) is 5.91 Å². The number of nitrogens with zero attached hydrogens (tertiary/aromatic N) is 1. The van der Waals surface area contributed by atoms with Crippen molar-refractivity contribution in [1.29, 1.82) is 0 Å². The van der Waals surface area contributed by atoms with Crippen molar-refractivity contribution in [2.45, 2.75) is 19.4 Å². The third kappa shape index (κ3) is 4.51. The average molecular weight is 350 g/mol. The number of nitrogens with one attached hydrogen (secondary N) is 1. The van der Waals surface area contributed by atoms with E-state index in [2.05, 4.69) is 11.9 Å². The number of likely N-dealkylation sites (tertiary alicyclic amines) is 1. The summed E-state index contributed by atoms with van der Waals surface area (Å²) in [5.41, 5.74) is 2.26. The van der Waals surface area contributed by atoms with Gasteiger partial charge in [-0.25, -0.2) is 0 Å². The maximum absolute atomic E-state index is 12.4. The Morgan fingerprint density at radius 1 is 1.23 bits per heavy atom. The summed E-state index contributed by atoms with van der Waals surface area (Å²) in [7, 11) is 0. The standard InChI is InChI=1S/C21H22N2O3/c1-2-13-26-19-6-3-5-18(14-19)22-21(25)17-10-8-16(9-11-17)15-23-12-4-7-20(23)24/h2-3,5-6,8-11,14H,1,4,7,12-13,15H2,(H,22,25). The van der Waals surface area contributed by atoms with E-state index < -0.39 is 0 Å². The molecule has 3 rings (SSSR count). The highest BCUT2D eigenvalue weighted by Crippen LogP contribution is 2.19. The van der Waals surface area contributed by atoms with E-state index in [0.29, 0.717) is 36.6 Å². The molecule has 5 heteroatoms. The molecule has 0 aliphatic carbocycles. The molecule has 0 spiro atoms. The molecule has 1 aliphatic heterocycles. The molecule has 1 aliphatic rings. The van der Waals surface area contributed by atoms with Gasteiger partial charge in [0, 0.05) is 36.8 Å². The molecule has 1 N–H and O–H groups in total. The Balaban J connectivity index is 1.61. The first-order valence-electron chi connectivity index (χ1n) is 8.67. The minimum absolute atomic E-state index is 0.185. The lowest BCUT2D eigenvalue weighted by molar-refractivity contribution is -0.128. The third-order valence-corrected chi connectivity index (χ3v) is 4.22. The number of anilines is 1. The number of benzene rings is 2. The number of amides is 2. The van der Waals surface area contributed by atoms with Crippen molar-refractivity contribution < 1.29 is 14.3 Å². The number of hydrogen-bond donors (Lipinski definition) is 1. The number of carbonyl (C=O) groups is 2. The number of hydrogen-bond acceptors (Lipinski definition) is 3. The van der Waals surface area contributed by atoms with Gasteiger partial charge in [0.05, 0.1) is 0 Å². The molecule has 2 amide bonds. The maximum atomic E-state index is 12.4. The second kappa shape index (κ2) is 8.34. The summed E-state index contributed by atoms with van der Waals surface area (Å²) < 4.78 is 5.47. The Bertz CT molecular complexity index is 799. The third-order valence-electron chi connectivity index (χ3n) is 4.22. The number of carbonyl (C=O) groups excluding carboxylic acids is 2. The molecule has 134 valence electrons. The summed E-state index contributed by atoms with van der Waals surface area (Å²) in [6.45, 7) is 5.44. The highest BCUT2D eigenvalue weighted by Gasteiger charge is 2.20. The molecule has 1 heterocycles. The van der Waals surface area contributed by atoms with Gasteiger partial charge in [-0.05, 0) is 36.2 Å². The molecule has 26 heavy (non-hydrogen) atoms. The first-order valence-corrected chi connectivity index (χ1v) is 8.67. The fraction of sp³-hybridized carbons (Fsp3) is 0.238. The fourth-order valence-corrected chi connectivity index (χ4v) is 2.88. The highest BCUT2D eigenvalue weighted by atomic mass is 16.5. The molecule has 0 bridgehead atoms. The largest absolute Gasteiger partial charge is 0.489 e. The van der Waals surface area contributed by atoms with Crippen molar-refractivity contribution in [3.63, 3.8) is 0 Å². The van der Waals surface area contributed by atoms with Crippen molar-refractivity contribution in [3.05, 3.63) is 72.3 Å². The van der Waals surface area contributed by atoms with Crippen LogP contribution in [-0.2, 0) is 11.3 Å². The van der Waals surface area contributed by atoms with Crippen LogP contribution in [0.2, 0.25) is 0 Å². The zero-order valence-corrected chi connectivity index (χ0v) is 14.6. The van der Waals surface area contributed by atoms with Crippen LogP contribution in [0.1, 0.15) is 28.8 Å². The van der Waals surface area contributed by atoms with Gasteiger partial charge in [0.2, 0.25) is 5.91 Å². The highest BCUT2D eigenvalue weighted by molar-refractivity contribution is 6.04. The lowest BCUT2D eigenvalue weighted by atomic mass is 10.1. The van der Waals surface area contributed by atoms with Crippen LogP contribution in [0.25, 0.3) is 0 Å². The first-order chi connectivity index (χ1) is 12.7. The van der Waals surface area contributed by atoms with E-state index in [1.807, 2.05) is 35.2 Å². The Morgan fingerprint density at radius 2 is 2.04 bits per heavy atom. The summed E-state index contributed by atoms with van der Waals surface area (Å²) >= 11 is 0. The SMILES string of the molecule is C=CCOc1cccc(NC(=O)c2ccc(CN3CCCC3=O)cc2)c1. The van der Waals surface area contributed by atoms with Gasteiger partial charge in [0.1, 0.15) is 12.4 Å². The molecule has 0 saturated carbocycles. The van der Waals surface area contributed by atoms with E-state index >= 15 is 0 Å². The van der Waals surface area contributed by atoms with Gasteiger partial charge in [-0.2, -0.15) is 0 Å². The molecule has 0 aromatic heterocycles. The Morgan fingerprint density at radius 3 is 2.73 bits per heavy atom. The van der Waals surface area contributed by atoms with E-state index in [-0.39, 0.29) is 11.8 Å². The normalized spacial score (nSPS) is 13.5. The predicted molar refractivity (Wildman–Crippen MR) is 101 cm³/mol. The van der Waals surface area contributed by atoms with Gasteiger partial charge in [-0.3, -0.25) is 9.59 Å². The molecular formula is C21H22N2O3. The molecular weight excluding hydrogens is 328 g/mol. The predicted octanol–water partition coefficient (Wildman–Crippen LogP) is 3.63. The van der Waals surface area contributed by atoms with E-state index in [1.54, 1.807) is 24.3 Å². The Labute approximate surface area is 153 Å². The number of rotatable bonds is 7. The van der Waals surface area contributed by atoms with Crippen molar-refractivity contribution in [2.24, 2.45) is 0 Å². The lowest BCUT2D eigenvalue weighted by Gasteiger charge is -2.15.